The van der Waals surface area contributed by atoms with Gasteiger partial charge in [0.25, 0.3) is 0 Å². The average molecular weight is 344 g/mol. The van der Waals surface area contributed by atoms with Crippen molar-refractivity contribution in [3.05, 3.63) is 46.7 Å². The number of carbonyl (C=O) groups is 1. The summed E-state index contributed by atoms with van der Waals surface area (Å²) in [5.74, 6) is 0.000438. The number of aromatic nitrogens is 3. The number of carbonyl (C=O) groups excluding carboxylic acids is 1. The van der Waals surface area contributed by atoms with Crippen LogP contribution in [0.1, 0.15) is 11.3 Å². The molecular weight excluding hydrogens is 328 g/mol. The van der Waals surface area contributed by atoms with Crippen LogP contribution in [0.25, 0.3) is 11.3 Å². The number of furan rings is 1. The van der Waals surface area contributed by atoms with Gasteiger partial charge in [0.15, 0.2) is 0 Å². The number of fused-ring (bicyclic) bond motifs is 1. The Hall–Kier alpha value is -2.45. The minimum atomic E-state index is -0.108. The van der Waals surface area contributed by atoms with Gasteiger partial charge in [-0.1, -0.05) is 5.21 Å². The Morgan fingerprint density at radius 3 is 3.21 bits per heavy atom. The largest absolute Gasteiger partial charge is 0.472 e. The molecule has 1 aliphatic rings. The van der Waals surface area contributed by atoms with Gasteiger partial charge in [0.05, 0.1) is 43.9 Å². The summed E-state index contributed by atoms with van der Waals surface area (Å²) in [6.07, 6.45) is 3.54. The Bertz CT molecular complexity index is 811. The predicted molar refractivity (Wildman–Crippen MR) is 87.3 cm³/mol. The number of hydrogen-bond acceptors (Lipinski definition) is 6. The van der Waals surface area contributed by atoms with Crippen molar-refractivity contribution >= 4 is 17.2 Å². The molecule has 4 rings (SSSR count). The maximum absolute atomic E-state index is 12.0. The maximum Gasteiger partial charge on any atom is 0.224 e. The summed E-state index contributed by atoms with van der Waals surface area (Å²) in [5, 5.41) is 15.3. The zero-order valence-corrected chi connectivity index (χ0v) is 13.7. The lowest BCUT2D eigenvalue weighted by Crippen LogP contribution is -2.39. The van der Waals surface area contributed by atoms with Gasteiger partial charge in [0.1, 0.15) is 5.69 Å². The van der Waals surface area contributed by atoms with Gasteiger partial charge in [0.2, 0.25) is 5.91 Å². The number of nitrogens with one attached hydrogen (secondary N) is 1. The Balaban J connectivity index is 1.34. The minimum Gasteiger partial charge on any atom is -0.472 e. The average Bonchev–Trinajstić information content (AvgIpc) is 3.33. The molecule has 0 aliphatic carbocycles. The highest BCUT2D eigenvalue weighted by molar-refractivity contribution is 7.07. The van der Waals surface area contributed by atoms with E-state index < -0.39 is 0 Å². The predicted octanol–water partition coefficient (Wildman–Crippen LogP) is 1.86. The lowest BCUT2D eigenvalue weighted by Gasteiger charge is -2.24. The van der Waals surface area contributed by atoms with E-state index in [1.807, 2.05) is 27.6 Å². The summed E-state index contributed by atoms with van der Waals surface area (Å²) in [6.45, 7) is 1.45. The first kappa shape index (κ1) is 15.1. The molecule has 7 nitrogen and oxygen atoms in total. The summed E-state index contributed by atoms with van der Waals surface area (Å²) in [6, 6.07) is 3.81. The molecule has 0 aromatic carbocycles. The highest BCUT2D eigenvalue weighted by Crippen LogP contribution is 2.25. The van der Waals surface area contributed by atoms with E-state index in [4.69, 9.17) is 9.15 Å². The van der Waals surface area contributed by atoms with Gasteiger partial charge >= 0.3 is 0 Å². The van der Waals surface area contributed by atoms with E-state index in [-0.39, 0.29) is 12.0 Å². The van der Waals surface area contributed by atoms with Crippen LogP contribution in [0.2, 0.25) is 0 Å². The lowest BCUT2D eigenvalue weighted by atomic mass is 10.2. The molecule has 1 atom stereocenters. The van der Waals surface area contributed by atoms with Gasteiger partial charge in [-0.25, -0.2) is 4.68 Å². The normalized spacial score (nSPS) is 16.8. The van der Waals surface area contributed by atoms with Crippen LogP contribution in [0, 0.1) is 0 Å². The Kier molecular flexibility index (Phi) is 4.14. The molecule has 3 aromatic heterocycles. The molecule has 0 unspecified atom stereocenters. The molecule has 0 saturated heterocycles. The number of thiophene rings is 1. The molecule has 1 aliphatic heterocycles. The second kappa shape index (κ2) is 6.58. The molecule has 124 valence electrons. The fraction of sp³-hybridized carbons (Fsp3) is 0.312. The summed E-state index contributed by atoms with van der Waals surface area (Å²) in [5.41, 5.74) is 3.63. The smallest absolute Gasteiger partial charge is 0.224 e. The van der Waals surface area contributed by atoms with Crippen molar-refractivity contribution in [1.29, 1.82) is 0 Å². The molecular formula is C16H16N4O3S. The molecule has 0 saturated carbocycles. The van der Waals surface area contributed by atoms with Gasteiger partial charge in [-0.05, 0) is 28.5 Å². The van der Waals surface area contributed by atoms with Crippen molar-refractivity contribution in [2.24, 2.45) is 0 Å². The molecule has 0 bridgehead atoms. The lowest BCUT2D eigenvalue weighted by molar-refractivity contribution is -0.121. The molecule has 24 heavy (non-hydrogen) atoms. The van der Waals surface area contributed by atoms with Crippen molar-refractivity contribution in [3.8, 4) is 11.3 Å². The summed E-state index contributed by atoms with van der Waals surface area (Å²) in [7, 11) is 0. The summed E-state index contributed by atoms with van der Waals surface area (Å²) >= 11 is 1.59. The monoisotopic (exact) mass is 344 g/mol. The van der Waals surface area contributed by atoms with Crippen LogP contribution in [0.3, 0.4) is 0 Å². The van der Waals surface area contributed by atoms with Crippen LogP contribution in [0.15, 0.2) is 39.8 Å². The molecule has 1 amide bonds. The topological polar surface area (TPSA) is 82.2 Å². The first-order valence-electron chi connectivity index (χ1n) is 7.64. The van der Waals surface area contributed by atoms with Crippen molar-refractivity contribution in [1.82, 2.24) is 20.3 Å². The number of amides is 1. The molecule has 1 N–H and O–H groups in total. The number of nitrogens with zero attached hydrogens (tertiary/aromatic N) is 3. The highest BCUT2D eigenvalue weighted by Gasteiger charge is 2.25. The van der Waals surface area contributed by atoms with Crippen LogP contribution >= 0.6 is 11.3 Å². The second-order valence-corrected chi connectivity index (χ2v) is 6.40. The molecule has 4 heterocycles. The SMILES string of the molecule is O=C(Cc1ccsc1)NC[C@@H]1Cn2nnc(-c3ccoc3)c2CO1. The fourth-order valence-corrected chi connectivity index (χ4v) is 3.35. The van der Waals surface area contributed by atoms with Crippen LogP contribution in [-0.2, 0) is 29.1 Å². The zero-order chi connectivity index (χ0) is 16.4. The van der Waals surface area contributed by atoms with Gasteiger partial charge in [-0.2, -0.15) is 11.3 Å². The molecule has 0 spiro atoms. The fourth-order valence-electron chi connectivity index (χ4n) is 2.68. The van der Waals surface area contributed by atoms with E-state index in [0.29, 0.717) is 26.1 Å². The van der Waals surface area contributed by atoms with E-state index in [0.717, 1.165) is 22.5 Å². The Morgan fingerprint density at radius 2 is 2.42 bits per heavy atom. The summed E-state index contributed by atoms with van der Waals surface area (Å²) in [4.78, 5) is 12.0. The van der Waals surface area contributed by atoms with Crippen molar-refractivity contribution in [3.63, 3.8) is 0 Å². The van der Waals surface area contributed by atoms with E-state index >= 15 is 0 Å². The first-order chi connectivity index (χ1) is 11.8. The number of ether oxygens (including phenoxy) is 1. The van der Waals surface area contributed by atoms with Gasteiger partial charge < -0.3 is 14.5 Å². The highest BCUT2D eigenvalue weighted by atomic mass is 32.1. The maximum atomic E-state index is 12.0. The van der Waals surface area contributed by atoms with Crippen molar-refractivity contribution in [2.45, 2.75) is 25.7 Å². The minimum absolute atomic E-state index is 0.000438. The summed E-state index contributed by atoms with van der Waals surface area (Å²) < 4.78 is 12.8. The van der Waals surface area contributed by atoms with Crippen LogP contribution in [0.5, 0.6) is 0 Å². The van der Waals surface area contributed by atoms with Gasteiger partial charge in [-0.15, -0.1) is 5.10 Å². The van der Waals surface area contributed by atoms with Crippen molar-refractivity contribution in [2.75, 3.05) is 6.54 Å². The first-order valence-corrected chi connectivity index (χ1v) is 8.58. The third-order valence-corrected chi connectivity index (χ3v) is 4.67. The van der Waals surface area contributed by atoms with Crippen molar-refractivity contribution < 1.29 is 13.9 Å². The third-order valence-electron chi connectivity index (χ3n) is 3.94. The Morgan fingerprint density at radius 1 is 1.46 bits per heavy atom. The van der Waals surface area contributed by atoms with Crippen LogP contribution in [-0.4, -0.2) is 33.5 Å². The van der Waals surface area contributed by atoms with E-state index in [1.165, 1.54) is 0 Å². The van der Waals surface area contributed by atoms with E-state index in [1.54, 1.807) is 23.9 Å². The van der Waals surface area contributed by atoms with E-state index in [2.05, 4.69) is 15.6 Å². The van der Waals surface area contributed by atoms with Gasteiger partial charge in [-0.3, -0.25) is 4.79 Å². The number of rotatable bonds is 5. The quantitative estimate of drug-likeness (QED) is 0.764. The van der Waals surface area contributed by atoms with Crippen LogP contribution < -0.4 is 5.32 Å². The Labute approximate surface area is 142 Å². The van der Waals surface area contributed by atoms with Crippen LogP contribution in [0.4, 0.5) is 0 Å². The van der Waals surface area contributed by atoms with Gasteiger partial charge in [0, 0.05) is 12.1 Å². The molecule has 3 aromatic rings. The molecule has 8 heteroatoms. The van der Waals surface area contributed by atoms with E-state index in [9.17, 15) is 4.79 Å². The third kappa shape index (κ3) is 3.10. The zero-order valence-electron chi connectivity index (χ0n) is 12.8. The standard InChI is InChI=1S/C16H16N4O3S/c21-15(5-11-2-4-24-10-11)17-6-13-7-20-14(9-23-13)16(18-19-20)12-1-3-22-8-12/h1-4,8,10,13H,5-7,9H2,(H,17,21)/t13-/m1/s1. The number of hydrogen-bond donors (Lipinski definition) is 1. The molecule has 0 fully saturated rings. The second-order valence-electron chi connectivity index (χ2n) is 5.62. The molecule has 0 radical (unpaired) electrons.